The largest absolute Gasteiger partial charge is 0.496 e. The fraction of sp³-hybridized carbons (Fsp3) is 0.0800. The van der Waals surface area contributed by atoms with Gasteiger partial charge in [-0.3, -0.25) is 4.79 Å². The SMILES string of the molecule is COc1ccc(Cl)cc1/C=N\NC(=O)c1ccc(-c2csc(Nc3ccc(C)cc3)n2)cc1. The number of thiazole rings is 1. The monoisotopic (exact) mass is 476 g/mol. The lowest BCUT2D eigenvalue weighted by molar-refractivity contribution is 0.0955. The highest BCUT2D eigenvalue weighted by Crippen LogP contribution is 2.27. The number of hydrogen-bond donors (Lipinski definition) is 2. The summed E-state index contributed by atoms with van der Waals surface area (Å²) in [5.41, 5.74) is 7.64. The lowest BCUT2D eigenvalue weighted by Gasteiger charge is -2.05. The lowest BCUT2D eigenvalue weighted by atomic mass is 10.1. The highest BCUT2D eigenvalue weighted by atomic mass is 35.5. The predicted molar refractivity (Wildman–Crippen MR) is 135 cm³/mol. The molecule has 6 nitrogen and oxygen atoms in total. The Morgan fingerprint density at radius 3 is 2.58 bits per heavy atom. The van der Waals surface area contributed by atoms with E-state index in [0.29, 0.717) is 21.9 Å². The third kappa shape index (κ3) is 5.77. The van der Waals surface area contributed by atoms with Crippen LogP contribution in [0.3, 0.4) is 0 Å². The number of hydrogen-bond acceptors (Lipinski definition) is 6. The Kier molecular flexibility index (Phi) is 7.02. The number of amides is 1. The number of benzene rings is 3. The number of rotatable bonds is 7. The number of carbonyl (C=O) groups is 1. The molecule has 0 fully saturated rings. The number of methoxy groups -OCH3 is 1. The van der Waals surface area contributed by atoms with Gasteiger partial charge in [-0.15, -0.1) is 11.3 Å². The summed E-state index contributed by atoms with van der Waals surface area (Å²) in [6.45, 7) is 2.05. The molecule has 8 heteroatoms. The first-order valence-corrected chi connectivity index (χ1v) is 11.3. The number of nitrogens with one attached hydrogen (secondary N) is 2. The summed E-state index contributed by atoms with van der Waals surface area (Å²) >= 11 is 7.54. The zero-order valence-corrected chi connectivity index (χ0v) is 19.6. The van der Waals surface area contributed by atoms with Crippen LogP contribution in [-0.2, 0) is 0 Å². The third-order valence-corrected chi connectivity index (χ3v) is 5.80. The summed E-state index contributed by atoms with van der Waals surface area (Å²) in [6, 6.07) is 20.5. The molecule has 0 aliphatic heterocycles. The van der Waals surface area contributed by atoms with Crippen LogP contribution < -0.4 is 15.5 Å². The van der Waals surface area contributed by atoms with Crippen molar-refractivity contribution in [1.82, 2.24) is 10.4 Å². The van der Waals surface area contributed by atoms with Crippen LogP contribution in [0.4, 0.5) is 10.8 Å². The molecule has 3 aromatic carbocycles. The molecule has 0 saturated carbocycles. The van der Waals surface area contributed by atoms with Crippen molar-refractivity contribution in [3.63, 3.8) is 0 Å². The fourth-order valence-electron chi connectivity index (χ4n) is 3.05. The molecule has 4 rings (SSSR count). The topological polar surface area (TPSA) is 75.6 Å². The molecular weight excluding hydrogens is 456 g/mol. The van der Waals surface area contributed by atoms with Crippen molar-refractivity contribution in [3.05, 3.63) is 93.8 Å². The van der Waals surface area contributed by atoms with Gasteiger partial charge in [-0.25, -0.2) is 10.4 Å². The molecule has 0 unspecified atom stereocenters. The van der Waals surface area contributed by atoms with E-state index in [-0.39, 0.29) is 5.91 Å². The van der Waals surface area contributed by atoms with Crippen LogP contribution in [0.25, 0.3) is 11.3 Å². The number of nitrogens with zero attached hydrogens (tertiary/aromatic N) is 2. The molecule has 4 aromatic rings. The first-order chi connectivity index (χ1) is 16.0. The Hall–Kier alpha value is -3.68. The lowest BCUT2D eigenvalue weighted by Crippen LogP contribution is -2.17. The number of aryl methyl sites for hydroxylation is 1. The first kappa shape index (κ1) is 22.5. The zero-order chi connectivity index (χ0) is 23.2. The molecule has 166 valence electrons. The van der Waals surface area contributed by atoms with Gasteiger partial charge >= 0.3 is 0 Å². The van der Waals surface area contributed by atoms with Crippen molar-refractivity contribution in [3.8, 4) is 17.0 Å². The van der Waals surface area contributed by atoms with Gasteiger partial charge in [0.15, 0.2) is 5.13 Å². The second-order valence-electron chi connectivity index (χ2n) is 7.19. The molecule has 0 atom stereocenters. The molecule has 1 heterocycles. The Balaban J connectivity index is 1.39. The van der Waals surface area contributed by atoms with E-state index in [2.05, 4.69) is 39.9 Å². The summed E-state index contributed by atoms with van der Waals surface area (Å²) in [4.78, 5) is 17.1. The fourth-order valence-corrected chi connectivity index (χ4v) is 3.97. The van der Waals surface area contributed by atoms with Gasteiger partial charge in [-0.05, 0) is 49.4 Å². The van der Waals surface area contributed by atoms with E-state index < -0.39 is 0 Å². The molecule has 0 saturated heterocycles. The molecule has 0 spiro atoms. The van der Waals surface area contributed by atoms with Gasteiger partial charge in [0.2, 0.25) is 0 Å². The van der Waals surface area contributed by atoms with Crippen molar-refractivity contribution in [1.29, 1.82) is 0 Å². The molecule has 0 radical (unpaired) electrons. The number of carbonyl (C=O) groups excluding carboxylic acids is 1. The first-order valence-electron chi connectivity index (χ1n) is 10.1. The van der Waals surface area contributed by atoms with Crippen LogP contribution >= 0.6 is 22.9 Å². The summed E-state index contributed by atoms with van der Waals surface area (Å²) in [5, 5.41) is 10.7. The minimum Gasteiger partial charge on any atom is -0.496 e. The number of anilines is 2. The molecule has 0 aliphatic rings. The molecule has 33 heavy (non-hydrogen) atoms. The van der Waals surface area contributed by atoms with Gasteiger partial charge in [-0.1, -0.05) is 41.4 Å². The van der Waals surface area contributed by atoms with Crippen molar-refractivity contribution in [2.75, 3.05) is 12.4 Å². The Morgan fingerprint density at radius 2 is 1.85 bits per heavy atom. The molecule has 0 aliphatic carbocycles. The molecule has 2 N–H and O–H groups in total. The van der Waals surface area contributed by atoms with Gasteiger partial charge < -0.3 is 10.1 Å². The van der Waals surface area contributed by atoms with E-state index in [1.165, 1.54) is 23.1 Å². The average molecular weight is 477 g/mol. The van der Waals surface area contributed by atoms with Crippen molar-refractivity contribution in [2.24, 2.45) is 5.10 Å². The molecule has 1 aromatic heterocycles. The number of ether oxygens (including phenoxy) is 1. The van der Waals surface area contributed by atoms with Crippen LogP contribution in [0.15, 0.2) is 77.2 Å². The maximum Gasteiger partial charge on any atom is 0.271 e. The minimum absolute atomic E-state index is 0.321. The second kappa shape index (κ2) is 10.3. The Bertz CT molecular complexity index is 1280. The third-order valence-electron chi connectivity index (χ3n) is 4.81. The second-order valence-corrected chi connectivity index (χ2v) is 8.49. The average Bonchev–Trinajstić information content (AvgIpc) is 3.29. The van der Waals surface area contributed by atoms with Crippen molar-refractivity contribution < 1.29 is 9.53 Å². The van der Waals surface area contributed by atoms with Crippen LogP contribution in [-0.4, -0.2) is 24.2 Å². The smallest absolute Gasteiger partial charge is 0.271 e. The van der Waals surface area contributed by atoms with Crippen molar-refractivity contribution >= 4 is 45.9 Å². The zero-order valence-electron chi connectivity index (χ0n) is 18.0. The van der Waals surface area contributed by atoms with Gasteiger partial charge in [0.05, 0.1) is 19.0 Å². The normalized spacial score (nSPS) is 10.9. The molecule has 1 amide bonds. The van der Waals surface area contributed by atoms with E-state index >= 15 is 0 Å². The quantitative estimate of drug-likeness (QED) is 0.243. The predicted octanol–water partition coefficient (Wildman–Crippen LogP) is 6.29. The van der Waals surface area contributed by atoms with Crippen molar-refractivity contribution in [2.45, 2.75) is 6.92 Å². The maximum absolute atomic E-state index is 12.4. The maximum atomic E-state index is 12.4. The number of aromatic nitrogens is 1. The Morgan fingerprint density at radius 1 is 1.09 bits per heavy atom. The van der Waals surface area contributed by atoms with Gasteiger partial charge in [0.25, 0.3) is 5.91 Å². The van der Waals surface area contributed by atoms with Gasteiger partial charge in [0.1, 0.15) is 5.75 Å². The van der Waals surface area contributed by atoms with E-state index in [1.54, 1.807) is 37.4 Å². The molecular formula is C25H21ClN4O2S. The van der Waals surface area contributed by atoms with E-state index in [1.807, 2.05) is 29.6 Å². The highest BCUT2D eigenvalue weighted by Gasteiger charge is 2.08. The van der Waals surface area contributed by atoms with Crippen LogP contribution in [0.2, 0.25) is 5.02 Å². The summed E-state index contributed by atoms with van der Waals surface area (Å²) in [6.07, 6.45) is 1.49. The Labute approximate surface area is 200 Å². The highest BCUT2D eigenvalue weighted by molar-refractivity contribution is 7.14. The summed E-state index contributed by atoms with van der Waals surface area (Å²) < 4.78 is 5.27. The standard InChI is InChI=1S/C25H21ClN4O2S/c1-16-3-10-21(11-4-16)28-25-29-22(15-33-25)17-5-7-18(8-6-17)24(31)30-27-14-19-13-20(26)9-12-23(19)32-2/h3-15H,1-2H3,(H,28,29)(H,30,31)/b27-14-. The summed E-state index contributed by atoms with van der Waals surface area (Å²) in [5.74, 6) is 0.292. The van der Waals surface area contributed by atoms with Gasteiger partial charge in [0, 0.05) is 32.8 Å². The number of hydrazone groups is 1. The van der Waals surface area contributed by atoms with E-state index in [4.69, 9.17) is 16.3 Å². The molecule has 0 bridgehead atoms. The van der Waals surface area contributed by atoms with Gasteiger partial charge in [-0.2, -0.15) is 5.10 Å². The van der Waals surface area contributed by atoms with E-state index in [0.717, 1.165) is 22.1 Å². The number of halogens is 1. The minimum atomic E-state index is -0.321. The van der Waals surface area contributed by atoms with Crippen LogP contribution in [0.1, 0.15) is 21.5 Å². The van der Waals surface area contributed by atoms with Crippen LogP contribution in [0.5, 0.6) is 5.75 Å². The van der Waals surface area contributed by atoms with Crippen LogP contribution in [0, 0.1) is 6.92 Å². The van der Waals surface area contributed by atoms with E-state index in [9.17, 15) is 4.79 Å². The summed E-state index contributed by atoms with van der Waals surface area (Å²) in [7, 11) is 1.56.